The molecule has 2 aliphatic rings. The second-order valence-electron chi connectivity index (χ2n) is 15.5. The lowest BCUT2D eigenvalue weighted by atomic mass is 9.96. The molecule has 5 atom stereocenters. The molecule has 0 bridgehead atoms. The molecule has 0 unspecified atom stereocenters. The van der Waals surface area contributed by atoms with Crippen molar-refractivity contribution in [1.82, 2.24) is 14.6 Å². The molecule has 0 saturated carbocycles. The first-order valence-corrected chi connectivity index (χ1v) is 21.7. The number of hydrogen-bond acceptors (Lipinski definition) is 11. The predicted molar refractivity (Wildman–Crippen MR) is 218 cm³/mol. The number of aliphatic hydroxyl groups is 1. The molecule has 4 aromatic carbocycles. The average molecular weight is 866 g/mol. The highest BCUT2D eigenvalue weighted by atomic mass is 32.2. The standard InChI is InChI=1S/C43H45F2N3O10S2/c1-25(2)20-48(60(53,54)31-11-13-36-40(19-31)59-24-46-36)21-38(49)37(47-42(52)58-39-23-57-43(3)34(39)14-15-56-43)16-26-4-9-30(10-5-26)55-22-28-7-6-27(17-33(28)41(50)51)32-12-8-29(44)18-35(32)45/h4-13,17-19,24-25,34,37-39,49H,14-16,20-23H2,1-3H3,(H,47,52)(H,50,51)/t34-,37-,38+,39-,43+/m0/s1. The van der Waals surface area contributed by atoms with Crippen LogP contribution < -0.4 is 10.1 Å². The third-order valence-corrected chi connectivity index (χ3v) is 13.4. The Balaban J connectivity index is 1.08. The van der Waals surface area contributed by atoms with E-state index >= 15 is 0 Å². The lowest BCUT2D eigenvalue weighted by molar-refractivity contribution is -0.181. The van der Waals surface area contributed by atoms with Crippen LogP contribution in [0.5, 0.6) is 5.75 Å². The van der Waals surface area contributed by atoms with Crippen LogP contribution in [0.25, 0.3) is 21.3 Å². The number of fused-ring (bicyclic) bond motifs is 2. The molecule has 60 heavy (non-hydrogen) atoms. The summed E-state index contributed by atoms with van der Waals surface area (Å²) in [6.07, 6.45) is -2.08. The zero-order chi connectivity index (χ0) is 42.8. The smallest absolute Gasteiger partial charge is 0.407 e. The van der Waals surface area contributed by atoms with Crippen molar-refractivity contribution in [2.24, 2.45) is 11.8 Å². The summed E-state index contributed by atoms with van der Waals surface area (Å²) < 4.78 is 81.3. The molecule has 2 fully saturated rings. The number of halogens is 2. The number of hydrogen-bond donors (Lipinski definition) is 3. The van der Waals surface area contributed by atoms with Gasteiger partial charge in [0.25, 0.3) is 0 Å². The molecule has 3 heterocycles. The van der Waals surface area contributed by atoms with Gasteiger partial charge in [-0.1, -0.05) is 38.1 Å². The van der Waals surface area contributed by atoms with Crippen LogP contribution in [0.15, 0.2) is 89.3 Å². The topological polar surface area (TPSA) is 174 Å². The summed E-state index contributed by atoms with van der Waals surface area (Å²) in [4.78, 5) is 29.9. The highest BCUT2D eigenvalue weighted by Gasteiger charge is 2.53. The Morgan fingerprint density at radius 2 is 1.82 bits per heavy atom. The van der Waals surface area contributed by atoms with Crippen LogP contribution in [0, 0.1) is 23.5 Å². The highest BCUT2D eigenvalue weighted by Crippen LogP contribution is 2.42. The second kappa shape index (κ2) is 17.9. The zero-order valence-corrected chi connectivity index (χ0v) is 34.7. The van der Waals surface area contributed by atoms with E-state index in [0.717, 1.165) is 12.1 Å². The number of nitrogens with one attached hydrogen (secondary N) is 1. The molecule has 7 rings (SSSR count). The van der Waals surface area contributed by atoms with Crippen LogP contribution in [0.4, 0.5) is 13.6 Å². The average Bonchev–Trinajstić information content (AvgIpc) is 3.92. The fourth-order valence-corrected chi connectivity index (χ4v) is 10.0. The number of benzene rings is 4. The van der Waals surface area contributed by atoms with Crippen molar-refractivity contribution in [3.8, 4) is 16.9 Å². The number of carbonyl (C=O) groups is 2. The van der Waals surface area contributed by atoms with Crippen LogP contribution in [-0.4, -0.2) is 90.3 Å². The van der Waals surface area contributed by atoms with Gasteiger partial charge in [0, 0.05) is 30.3 Å². The van der Waals surface area contributed by atoms with Gasteiger partial charge in [-0.15, -0.1) is 11.3 Å². The number of sulfonamides is 1. The van der Waals surface area contributed by atoms with Crippen LogP contribution in [0.1, 0.15) is 48.7 Å². The number of aromatic carboxylic acids is 1. The number of rotatable bonds is 16. The van der Waals surface area contributed by atoms with Gasteiger partial charge in [0.05, 0.1) is 57.5 Å². The van der Waals surface area contributed by atoms with Gasteiger partial charge in [-0.25, -0.2) is 31.8 Å². The SMILES string of the molecule is CC(C)CN(C[C@@H](O)[C@H](Cc1ccc(OCc2ccc(-c3ccc(F)cc3F)cc2C(=O)O)cc1)NC(=O)O[C@H]1CO[C@@]2(C)OCC[C@@H]12)S(=O)(=O)c1ccc2ncsc2c1. The third-order valence-electron chi connectivity index (χ3n) is 10.8. The Bertz CT molecular complexity index is 2470. The van der Waals surface area contributed by atoms with Gasteiger partial charge in [0.2, 0.25) is 10.0 Å². The maximum absolute atomic E-state index is 14.5. The number of thiazole rings is 1. The number of carboxylic acids is 1. The number of carboxylic acid groups (broad SMARTS) is 1. The number of alkyl carbamates (subject to hydrolysis) is 1. The first-order chi connectivity index (χ1) is 28.6. The lowest BCUT2D eigenvalue weighted by Crippen LogP contribution is -2.51. The first-order valence-electron chi connectivity index (χ1n) is 19.4. The van der Waals surface area contributed by atoms with Crippen molar-refractivity contribution in [2.45, 2.75) is 69.2 Å². The number of nitrogens with zero attached hydrogens (tertiary/aromatic N) is 2. The zero-order valence-electron chi connectivity index (χ0n) is 33.0. The van der Waals surface area contributed by atoms with Crippen molar-refractivity contribution in [1.29, 1.82) is 0 Å². The first kappa shape index (κ1) is 43.1. The van der Waals surface area contributed by atoms with Gasteiger partial charge in [-0.2, -0.15) is 4.31 Å². The molecule has 3 N–H and O–H groups in total. The molecule has 13 nitrogen and oxygen atoms in total. The Kier molecular flexibility index (Phi) is 12.8. The van der Waals surface area contributed by atoms with Gasteiger partial charge in [0.1, 0.15) is 30.1 Å². The van der Waals surface area contributed by atoms with E-state index in [2.05, 4.69) is 10.3 Å². The van der Waals surface area contributed by atoms with Crippen molar-refractivity contribution in [3.63, 3.8) is 0 Å². The minimum atomic E-state index is -4.10. The maximum atomic E-state index is 14.5. The number of ether oxygens (including phenoxy) is 4. The summed E-state index contributed by atoms with van der Waals surface area (Å²) in [6.45, 7) is 5.76. The van der Waals surface area contributed by atoms with E-state index < -0.39 is 57.8 Å². The van der Waals surface area contributed by atoms with E-state index in [0.29, 0.717) is 40.1 Å². The summed E-state index contributed by atoms with van der Waals surface area (Å²) in [6, 6.07) is 17.8. The number of aromatic nitrogens is 1. The Morgan fingerprint density at radius 3 is 2.55 bits per heavy atom. The monoisotopic (exact) mass is 865 g/mol. The molecule has 318 valence electrons. The molecule has 2 aliphatic heterocycles. The fourth-order valence-electron chi connectivity index (χ4n) is 7.60. The summed E-state index contributed by atoms with van der Waals surface area (Å²) in [7, 11) is -4.10. The Morgan fingerprint density at radius 1 is 1.03 bits per heavy atom. The van der Waals surface area contributed by atoms with Crippen molar-refractivity contribution >= 4 is 43.6 Å². The van der Waals surface area contributed by atoms with E-state index in [1.807, 2.05) is 13.8 Å². The van der Waals surface area contributed by atoms with Crippen molar-refractivity contribution in [3.05, 3.63) is 113 Å². The third kappa shape index (κ3) is 9.61. The molecular formula is C43H45F2N3O10S2. The van der Waals surface area contributed by atoms with Crippen LogP contribution in [-0.2, 0) is 37.3 Å². The molecule has 1 amide bonds. The van der Waals surface area contributed by atoms with E-state index in [4.69, 9.17) is 18.9 Å². The molecule has 17 heteroatoms. The largest absolute Gasteiger partial charge is 0.489 e. The molecule has 5 aromatic rings. The van der Waals surface area contributed by atoms with E-state index in [-0.39, 0.29) is 66.1 Å². The van der Waals surface area contributed by atoms with Crippen molar-refractivity contribution < 1.29 is 55.9 Å². The maximum Gasteiger partial charge on any atom is 0.407 e. The quantitative estimate of drug-likeness (QED) is 0.0931. The highest BCUT2D eigenvalue weighted by molar-refractivity contribution is 7.89. The van der Waals surface area contributed by atoms with Gasteiger partial charge >= 0.3 is 12.1 Å². The number of amides is 1. The van der Waals surface area contributed by atoms with Crippen LogP contribution in [0.2, 0.25) is 0 Å². The molecule has 0 spiro atoms. The summed E-state index contributed by atoms with van der Waals surface area (Å²) >= 11 is 1.32. The van der Waals surface area contributed by atoms with Gasteiger partial charge in [-0.3, -0.25) is 0 Å². The normalized spacial score (nSPS) is 20.0. The summed E-state index contributed by atoms with van der Waals surface area (Å²) in [5, 5.41) is 24.5. The molecule has 0 radical (unpaired) electrons. The van der Waals surface area contributed by atoms with Crippen LogP contribution >= 0.6 is 11.3 Å². The lowest BCUT2D eigenvalue weighted by Gasteiger charge is -2.31. The number of carbonyl (C=O) groups excluding carboxylic acids is 1. The minimum Gasteiger partial charge on any atom is -0.489 e. The summed E-state index contributed by atoms with van der Waals surface area (Å²) in [5.74, 6) is -3.59. The Hall–Kier alpha value is -5.04. The van der Waals surface area contributed by atoms with Gasteiger partial charge in [-0.05, 0) is 85.3 Å². The molecule has 2 saturated heterocycles. The van der Waals surface area contributed by atoms with E-state index in [1.165, 1.54) is 46.0 Å². The van der Waals surface area contributed by atoms with Gasteiger partial charge < -0.3 is 34.5 Å². The van der Waals surface area contributed by atoms with Crippen LogP contribution in [0.3, 0.4) is 0 Å². The predicted octanol–water partition coefficient (Wildman–Crippen LogP) is 7.02. The molecule has 0 aliphatic carbocycles. The summed E-state index contributed by atoms with van der Waals surface area (Å²) in [5.41, 5.74) is 3.47. The van der Waals surface area contributed by atoms with E-state index in [9.17, 15) is 37.0 Å². The van der Waals surface area contributed by atoms with Gasteiger partial charge in [0.15, 0.2) is 5.79 Å². The number of aliphatic hydroxyl groups excluding tert-OH is 1. The van der Waals surface area contributed by atoms with E-state index in [1.54, 1.807) is 48.8 Å². The van der Waals surface area contributed by atoms with Crippen molar-refractivity contribution in [2.75, 3.05) is 26.3 Å². The minimum absolute atomic E-state index is 0.0510. The second-order valence-corrected chi connectivity index (χ2v) is 18.3. The molecular weight excluding hydrogens is 821 g/mol. The molecule has 1 aromatic heterocycles. The Labute approximate surface area is 349 Å². The fraction of sp³-hybridized carbons (Fsp3) is 0.372.